The molecule has 1 aliphatic rings. The van der Waals surface area contributed by atoms with Crippen LogP contribution < -0.4 is 5.32 Å². The molecule has 2 rings (SSSR count). The lowest BCUT2D eigenvalue weighted by Crippen LogP contribution is -2.51. The van der Waals surface area contributed by atoms with Gasteiger partial charge in [0.15, 0.2) is 0 Å². The predicted octanol–water partition coefficient (Wildman–Crippen LogP) is 3.20. The molecule has 1 fully saturated rings. The number of piperidine rings is 1. The van der Waals surface area contributed by atoms with Crippen molar-refractivity contribution in [2.24, 2.45) is 5.92 Å². The molecule has 0 aromatic heterocycles. The molecule has 0 saturated carbocycles. The van der Waals surface area contributed by atoms with Crippen molar-refractivity contribution in [1.82, 2.24) is 10.2 Å². The van der Waals surface area contributed by atoms with Gasteiger partial charge in [0.2, 0.25) is 5.91 Å². The zero-order valence-electron chi connectivity index (χ0n) is 13.5. The maximum absolute atomic E-state index is 12.9. The van der Waals surface area contributed by atoms with Crippen molar-refractivity contribution >= 4 is 5.91 Å². The molecule has 3 nitrogen and oxygen atoms in total. The van der Waals surface area contributed by atoms with Gasteiger partial charge in [-0.05, 0) is 44.7 Å². The monoisotopic (exact) mass is 288 g/mol. The highest BCUT2D eigenvalue weighted by Gasteiger charge is 2.30. The first kappa shape index (κ1) is 16.0. The van der Waals surface area contributed by atoms with Gasteiger partial charge in [-0.1, -0.05) is 43.7 Å². The fraction of sp³-hybridized carbons (Fsp3) is 0.611. The van der Waals surface area contributed by atoms with Crippen molar-refractivity contribution in [3.63, 3.8) is 0 Å². The summed E-state index contributed by atoms with van der Waals surface area (Å²) in [5, 5.41) is 3.41. The van der Waals surface area contributed by atoms with E-state index in [1.54, 1.807) is 0 Å². The normalized spacial score (nSPS) is 22.3. The van der Waals surface area contributed by atoms with Gasteiger partial charge in [-0.2, -0.15) is 0 Å². The second-order valence-electron chi connectivity index (χ2n) is 6.35. The van der Waals surface area contributed by atoms with Gasteiger partial charge in [0.05, 0.1) is 6.04 Å². The summed E-state index contributed by atoms with van der Waals surface area (Å²) in [5.74, 6) is 0.943. The third-order valence-electron chi connectivity index (χ3n) is 4.49. The van der Waals surface area contributed by atoms with E-state index in [-0.39, 0.29) is 18.0 Å². The van der Waals surface area contributed by atoms with E-state index in [1.165, 1.54) is 18.4 Å². The Hall–Kier alpha value is -1.35. The summed E-state index contributed by atoms with van der Waals surface area (Å²) in [7, 11) is 0. The van der Waals surface area contributed by atoms with Crippen LogP contribution in [0.4, 0.5) is 0 Å². The fourth-order valence-corrected chi connectivity index (χ4v) is 3.05. The molecule has 116 valence electrons. The zero-order chi connectivity index (χ0) is 15.2. The van der Waals surface area contributed by atoms with Crippen LogP contribution in [0.3, 0.4) is 0 Å². The average Bonchev–Trinajstić information content (AvgIpc) is 2.52. The van der Waals surface area contributed by atoms with E-state index in [0.29, 0.717) is 12.5 Å². The molecule has 0 aliphatic carbocycles. The van der Waals surface area contributed by atoms with Gasteiger partial charge in [-0.15, -0.1) is 0 Å². The lowest BCUT2D eigenvalue weighted by Gasteiger charge is -2.35. The zero-order valence-corrected chi connectivity index (χ0v) is 13.5. The van der Waals surface area contributed by atoms with E-state index in [1.807, 2.05) is 23.1 Å². The molecule has 2 unspecified atom stereocenters. The maximum Gasteiger partial charge on any atom is 0.240 e. The second-order valence-corrected chi connectivity index (χ2v) is 6.35. The van der Waals surface area contributed by atoms with Crippen molar-refractivity contribution in [2.75, 3.05) is 6.54 Å². The van der Waals surface area contributed by atoms with Crippen LogP contribution in [-0.2, 0) is 11.3 Å². The van der Waals surface area contributed by atoms with Crippen LogP contribution in [0.25, 0.3) is 0 Å². The minimum absolute atomic E-state index is 0.00480. The molecule has 0 spiro atoms. The number of benzene rings is 1. The molecule has 3 heteroatoms. The number of carbonyl (C=O) groups excluding carboxylic acids is 1. The van der Waals surface area contributed by atoms with Gasteiger partial charge in [-0.3, -0.25) is 4.79 Å². The van der Waals surface area contributed by atoms with Gasteiger partial charge in [0, 0.05) is 12.6 Å². The standard InChI is InChI=1S/C18H28N2O/c1-4-15-10-11-19-17(12-15)18(21)20(14(2)3)13-16-8-6-5-7-9-16/h5-9,14-15,17,19H,4,10-13H2,1-3H3. The lowest BCUT2D eigenvalue weighted by atomic mass is 9.89. The minimum atomic E-state index is -0.00480. The summed E-state index contributed by atoms with van der Waals surface area (Å²) >= 11 is 0. The Balaban J connectivity index is 2.05. The Morgan fingerprint density at radius 3 is 2.67 bits per heavy atom. The molecular weight excluding hydrogens is 260 g/mol. The van der Waals surface area contributed by atoms with E-state index in [9.17, 15) is 4.79 Å². The smallest absolute Gasteiger partial charge is 0.240 e. The molecule has 1 aliphatic heterocycles. The molecular formula is C18H28N2O. The third kappa shape index (κ3) is 4.31. The van der Waals surface area contributed by atoms with E-state index in [2.05, 4.69) is 38.2 Å². The molecule has 1 heterocycles. The van der Waals surface area contributed by atoms with Gasteiger partial charge in [0.25, 0.3) is 0 Å². The Morgan fingerprint density at radius 1 is 1.33 bits per heavy atom. The van der Waals surface area contributed by atoms with Crippen LogP contribution in [-0.4, -0.2) is 29.4 Å². The Bertz CT molecular complexity index is 444. The highest BCUT2D eigenvalue weighted by Crippen LogP contribution is 2.21. The number of nitrogens with zero attached hydrogens (tertiary/aromatic N) is 1. The van der Waals surface area contributed by atoms with Crippen LogP contribution in [0.2, 0.25) is 0 Å². The van der Waals surface area contributed by atoms with Crippen LogP contribution in [0.1, 0.15) is 45.6 Å². The number of hydrogen-bond donors (Lipinski definition) is 1. The Kier molecular flexibility index (Phi) is 5.80. The topological polar surface area (TPSA) is 32.3 Å². The molecule has 1 saturated heterocycles. The molecule has 2 atom stereocenters. The highest BCUT2D eigenvalue weighted by atomic mass is 16.2. The molecule has 21 heavy (non-hydrogen) atoms. The molecule has 1 amide bonds. The molecule has 0 radical (unpaired) electrons. The number of hydrogen-bond acceptors (Lipinski definition) is 2. The molecule has 1 aromatic carbocycles. The Labute approximate surface area is 128 Å². The number of carbonyl (C=O) groups is 1. The van der Waals surface area contributed by atoms with Crippen molar-refractivity contribution in [3.05, 3.63) is 35.9 Å². The van der Waals surface area contributed by atoms with E-state index in [0.717, 1.165) is 13.0 Å². The molecule has 1 aromatic rings. The first-order valence-electron chi connectivity index (χ1n) is 8.19. The number of rotatable bonds is 5. The highest BCUT2D eigenvalue weighted by molar-refractivity contribution is 5.82. The van der Waals surface area contributed by atoms with Crippen molar-refractivity contribution < 1.29 is 4.79 Å². The van der Waals surface area contributed by atoms with Crippen molar-refractivity contribution in [2.45, 2.75) is 58.7 Å². The van der Waals surface area contributed by atoms with Crippen LogP contribution in [0.15, 0.2) is 30.3 Å². The minimum Gasteiger partial charge on any atom is -0.335 e. The Morgan fingerprint density at radius 2 is 2.05 bits per heavy atom. The van der Waals surface area contributed by atoms with Gasteiger partial charge in [0.1, 0.15) is 0 Å². The van der Waals surface area contributed by atoms with E-state index < -0.39 is 0 Å². The third-order valence-corrected chi connectivity index (χ3v) is 4.49. The fourth-order valence-electron chi connectivity index (χ4n) is 3.05. The number of amides is 1. The van der Waals surface area contributed by atoms with Crippen LogP contribution in [0.5, 0.6) is 0 Å². The first-order valence-corrected chi connectivity index (χ1v) is 8.19. The van der Waals surface area contributed by atoms with Gasteiger partial charge < -0.3 is 10.2 Å². The quantitative estimate of drug-likeness (QED) is 0.902. The second kappa shape index (κ2) is 7.60. The summed E-state index contributed by atoms with van der Waals surface area (Å²) in [4.78, 5) is 14.9. The van der Waals surface area contributed by atoms with Crippen molar-refractivity contribution in [1.29, 1.82) is 0 Å². The number of nitrogens with one attached hydrogen (secondary N) is 1. The lowest BCUT2D eigenvalue weighted by molar-refractivity contribution is -0.136. The molecule has 1 N–H and O–H groups in total. The average molecular weight is 288 g/mol. The summed E-state index contributed by atoms with van der Waals surface area (Å²) in [5.41, 5.74) is 1.20. The summed E-state index contributed by atoms with van der Waals surface area (Å²) in [6, 6.07) is 10.5. The first-order chi connectivity index (χ1) is 10.1. The maximum atomic E-state index is 12.9. The van der Waals surface area contributed by atoms with E-state index in [4.69, 9.17) is 0 Å². The summed E-state index contributed by atoms with van der Waals surface area (Å²) in [6.45, 7) is 8.09. The molecule has 0 bridgehead atoms. The van der Waals surface area contributed by atoms with Gasteiger partial charge in [-0.25, -0.2) is 0 Å². The summed E-state index contributed by atoms with van der Waals surface area (Å²) in [6.07, 6.45) is 3.35. The van der Waals surface area contributed by atoms with Crippen molar-refractivity contribution in [3.8, 4) is 0 Å². The van der Waals surface area contributed by atoms with Gasteiger partial charge >= 0.3 is 0 Å². The van der Waals surface area contributed by atoms with Crippen LogP contribution in [0, 0.1) is 5.92 Å². The predicted molar refractivity (Wildman–Crippen MR) is 86.9 cm³/mol. The summed E-state index contributed by atoms with van der Waals surface area (Å²) < 4.78 is 0. The van der Waals surface area contributed by atoms with E-state index >= 15 is 0 Å². The SMILES string of the molecule is CCC1CCNC(C(=O)N(Cc2ccccc2)C(C)C)C1. The van der Waals surface area contributed by atoms with Crippen LogP contribution >= 0.6 is 0 Å². The largest absolute Gasteiger partial charge is 0.335 e.